The molecular formula is C21H24N2O3S. The SMILES string of the molecule is CCOC(=O)C1=C(C)N=C2SC=CN2[C@@H]1c1cc2c(cc1OC)CCCC2. The first-order chi connectivity index (χ1) is 13.1. The van der Waals surface area contributed by atoms with Crippen LogP contribution in [0, 0.1) is 0 Å². The van der Waals surface area contributed by atoms with Crippen LogP contribution in [0.2, 0.25) is 0 Å². The van der Waals surface area contributed by atoms with Crippen molar-refractivity contribution in [3.8, 4) is 5.75 Å². The molecule has 0 N–H and O–H groups in total. The average molecular weight is 385 g/mol. The number of aliphatic imine (C=N–C) groups is 1. The van der Waals surface area contributed by atoms with Crippen LogP contribution in [0.1, 0.15) is 49.4 Å². The maximum atomic E-state index is 12.8. The second-order valence-corrected chi connectivity index (χ2v) is 7.77. The summed E-state index contributed by atoms with van der Waals surface area (Å²) in [4.78, 5) is 19.5. The molecule has 4 rings (SSSR count). The smallest absolute Gasteiger partial charge is 0.338 e. The molecule has 0 aromatic heterocycles. The van der Waals surface area contributed by atoms with E-state index in [4.69, 9.17) is 9.47 Å². The predicted molar refractivity (Wildman–Crippen MR) is 108 cm³/mol. The summed E-state index contributed by atoms with van der Waals surface area (Å²) in [6.07, 6.45) is 6.56. The van der Waals surface area contributed by atoms with Crippen LogP contribution in [-0.4, -0.2) is 29.8 Å². The number of nitrogens with zero attached hydrogens (tertiary/aromatic N) is 2. The van der Waals surface area contributed by atoms with Crippen LogP contribution in [0.5, 0.6) is 5.75 Å². The fourth-order valence-corrected chi connectivity index (χ4v) is 4.84. The van der Waals surface area contributed by atoms with Crippen molar-refractivity contribution in [3.05, 3.63) is 51.7 Å². The normalized spacial score (nSPS) is 20.9. The highest BCUT2D eigenvalue weighted by atomic mass is 32.2. The molecule has 0 saturated heterocycles. The molecule has 0 amide bonds. The third kappa shape index (κ3) is 3.16. The van der Waals surface area contributed by atoms with Crippen molar-refractivity contribution >= 4 is 22.9 Å². The fraction of sp³-hybridized carbons (Fsp3) is 0.429. The molecule has 27 heavy (non-hydrogen) atoms. The van der Waals surface area contributed by atoms with Crippen molar-refractivity contribution in [2.24, 2.45) is 4.99 Å². The van der Waals surface area contributed by atoms with Crippen LogP contribution >= 0.6 is 11.8 Å². The maximum absolute atomic E-state index is 12.8. The Labute approximate surface area is 164 Å². The zero-order valence-electron chi connectivity index (χ0n) is 15.9. The second-order valence-electron chi connectivity index (χ2n) is 6.90. The lowest BCUT2D eigenvalue weighted by molar-refractivity contribution is -0.139. The van der Waals surface area contributed by atoms with Gasteiger partial charge < -0.3 is 14.4 Å². The molecule has 2 aliphatic heterocycles. The lowest BCUT2D eigenvalue weighted by Crippen LogP contribution is -2.34. The molecule has 0 saturated carbocycles. The molecule has 0 bridgehead atoms. The number of rotatable bonds is 4. The summed E-state index contributed by atoms with van der Waals surface area (Å²) >= 11 is 1.57. The molecule has 2 heterocycles. The number of esters is 1. The molecule has 1 aromatic rings. The fourth-order valence-electron chi connectivity index (χ4n) is 4.05. The maximum Gasteiger partial charge on any atom is 0.338 e. The van der Waals surface area contributed by atoms with Gasteiger partial charge in [-0.3, -0.25) is 0 Å². The molecule has 3 aliphatic rings. The van der Waals surface area contributed by atoms with Gasteiger partial charge >= 0.3 is 5.97 Å². The van der Waals surface area contributed by atoms with Crippen molar-refractivity contribution in [3.63, 3.8) is 0 Å². The quantitative estimate of drug-likeness (QED) is 0.723. The molecule has 0 spiro atoms. The van der Waals surface area contributed by atoms with Gasteiger partial charge in [0.15, 0.2) is 5.17 Å². The predicted octanol–water partition coefficient (Wildman–Crippen LogP) is 4.34. The third-order valence-electron chi connectivity index (χ3n) is 5.30. The van der Waals surface area contributed by atoms with Gasteiger partial charge in [0.2, 0.25) is 0 Å². The highest BCUT2D eigenvalue weighted by molar-refractivity contribution is 8.16. The van der Waals surface area contributed by atoms with Crippen molar-refractivity contribution in [2.75, 3.05) is 13.7 Å². The van der Waals surface area contributed by atoms with Crippen LogP contribution in [0.3, 0.4) is 0 Å². The summed E-state index contributed by atoms with van der Waals surface area (Å²) in [5.41, 5.74) is 5.01. The summed E-state index contributed by atoms with van der Waals surface area (Å²) in [7, 11) is 1.70. The summed E-state index contributed by atoms with van der Waals surface area (Å²) in [5.74, 6) is 0.509. The van der Waals surface area contributed by atoms with E-state index < -0.39 is 0 Å². The molecule has 0 fully saturated rings. The summed E-state index contributed by atoms with van der Waals surface area (Å²) in [6.45, 7) is 4.05. The molecule has 6 heteroatoms. The highest BCUT2D eigenvalue weighted by Crippen LogP contribution is 2.45. The minimum absolute atomic E-state index is 0.287. The Kier molecular flexibility index (Phi) is 5.00. The van der Waals surface area contributed by atoms with Gasteiger partial charge in [-0.05, 0) is 68.2 Å². The summed E-state index contributed by atoms with van der Waals surface area (Å²) in [5, 5.41) is 2.88. The molecule has 1 aromatic carbocycles. The third-order valence-corrected chi connectivity index (χ3v) is 6.08. The van der Waals surface area contributed by atoms with Crippen molar-refractivity contribution in [1.82, 2.24) is 4.90 Å². The second kappa shape index (κ2) is 7.43. The van der Waals surface area contributed by atoms with Gasteiger partial charge in [0, 0.05) is 11.8 Å². The number of aryl methyl sites for hydroxylation is 2. The zero-order chi connectivity index (χ0) is 19.0. The van der Waals surface area contributed by atoms with E-state index in [-0.39, 0.29) is 12.0 Å². The number of ether oxygens (including phenoxy) is 2. The molecule has 0 unspecified atom stereocenters. The summed E-state index contributed by atoms with van der Waals surface area (Å²) < 4.78 is 11.1. The van der Waals surface area contributed by atoms with Crippen molar-refractivity contribution in [2.45, 2.75) is 45.6 Å². The van der Waals surface area contributed by atoms with Crippen LogP contribution in [-0.2, 0) is 22.4 Å². The van der Waals surface area contributed by atoms with Crippen molar-refractivity contribution in [1.29, 1.82) is 0 Å². The number of amidine groups is 1. The van der Waals surface area contributed by atoms with Crippen LogP contribution < -0.4 is 4.74 Å². The van der Waals surface area contributed by atoms with E-state index in [1.807, 2.05) is 25.5 Å². The van der Waals surface area contributed by atoms with E-state index >= 15 is 0 Å². The Bertz CT molecular complexity index is 872. The number of carbonyl (C=O) groups excluding carboxylic acids is 1. The van der Waals surface area contributed by atoms with Gasteiger partial charge in [0.05, 0.1) is 31.0 Å². The topological polar surface area (TPSA) is 51.1 Å². The number of thioether (sulfide) groups is 1. The lowest BCUT2D eigenvalue weighted by atomic mass is 9.86. The van der Waals surface area contributed by atoms with Gasteiger partial charge in [0.25, 0.3) is 0 Å². The molecule has 1 aliphatic carbocycles. The van der Waals surface area contributed by atoms with Crippen LogP contribution in [0.15, 0.2) is 40.0 Å². The van der Waals surface area contributed by atoms with Gasteiger partial charge in [-0.15, -0.1) is 0 Å². The van der Waals surface area contributed by atoms with Crippen LogP contribution in [0.4, 0.5) is 0 Å². The first-order valence-corrected chi connectivity index (χ1v) is 10.3. The Morgan fingerprint density at radius 2 is 2.04 bits per heavy atom. The van der Waals surface area contributed by atoms with Gasteiger partial charge in [-0.1, -0.05) is 11.8 Å². The number of fused-ring (bicyclic) bond motifs is 2. The average Bonchev–Trinajstić information content (AvgIpc) is 3.13. The minimum Gasteiger partial charge on any atom is -0.496 e. The number of hydrogen-bond acceptors (Lipinski definition) is 6. The van der Waals surface area contributed by atoms with Crippen LogP contribution in [0.25, 0.3) is 0 Å². The van der Waals surface area contributed by atoms with E-state index in [9.17, 15) is 4.79 Å². The lowest BCUT2D eigenvalue weighted by Gasteiger charge is -2.34. The number of allylic oxidation sites excluding steroid dienone is 1. The van der Waals surface area contributed by atoms with Gasteiger partial charge in [-0.2, -0.15) is 0 Å². The molecule has 5 nitrogen and oxygen atoms in total. The zero-order valence-corrected chi connectivity index (χ0v) is 16.8. The van der Waals surface area contributed by atoms with E-state index in [0.29, 0.717) is 17.9 Å². The van der Waals surface area contributed by atoms with Crippen molar-refractivity contribution < 1.29 is 14.3 Å². The highest BCUT2D eigenvalue weighted by Gasteiger charge is 2.39. The van der Waals surface area contributed by atoms with Gasteiger partial charge in [0.1, 0.15) is 5.75 Å². The van der Waals surface area contributed by atoms with E-state index in [0.717, 1.165) is 29.3 Å². The van der Waals surface area contributed by atoms with Gasteiger partial charge in [-0.25, -0.2) is 9.79 Å². The Balaban J connectivity index is 1.88. The van der Waals surface area contributed by atoms with E-state index in [2.05, 4.69) is 22.0 Å². The Morgan fingerprint density at radius 1 is 1.30 bits per heavy atom. The molecular weight excluding hydrogens is 360 g/mol. The minimum atomic E-state index is -0.312. The van der Waals surface area contributed by atoms with E-state index in [1.165, 1.54) is 24.0 Å². The molecule has 0 radical (unpaired) electrons. The standard InChI is InChI=1S/C21H24N2O3S/c1-4-26-20(24)18-13(2)22-21-23(9-10-27-21)19(18)16-11-14-7-5-6-8-15(14)12-17(16)25-3/h9-12,19H,4-8H2,1-3H3/t19-/m1/s1. The largest absolute Gasteiger partial charge is 0.496 e. The van der Waals surface area contributed by atoms with E-state index in [1.54, 1.807) is 18.9 Å². The Morgan fingerprint density at radius 3 is 2.74 bits per heavy atom. The number of methoxy groups -OCH3 is 1. The Hall–Kier alpha value is -2.21. The first-order valence-electron chi connectivity index (χ1n) is 9.42. The number of hydrogen-bond donors (Lipinski definition) is 0. The summed E-state index contributed by atoms with van der Waals surface area (Å²) in [6, 6.07) is 4.09. The first kappa shape index (κ1) is 18.2. The molecule has 1 atom stereocenters. The number of carbonyl (C=O) groups is 1. The number of benzene rings is 1. The monoisotopic (exact) mass is 384 g/mol. The molecule has 142 valence electrons.